The lowest BCUT2D eigenvalue weighted by atomic mass is 10.1. The third-order valence-corrected chi connectivity index (χ3v) is 5.89. The average molecular weight is 462 g/mol. The van der Waals surface area contributed by atoms with Crippen molar-refractivity contribution in [2.75, 3.05) is 26.5 Å². The van der Waals surface area contributed by atoms with Gasteiger partial charge in [-0.05, 0) is 30.2 Å². The standard InChI is InChI=1S/C23H27NO7S/c1-4-30-22(27)20(17-10-12-18(29-3)13-11-17)32-15-19(21(25)26)24(2)23(28)31-14-16-8-6-5-7-9-16/h5-13,19-20H,4,14-15H2,1-3H3,(H,25,26). The van der Waals surface area contributed by atoms with Gasteiger partial charge in [0.05, 0.1) is 13.7 Å². The molecule has 0 bridgehead atoms. The number of likely N-dealkylation sites (N-methyl/N-ethyl adjacent to an activating group) is 1. The number of benzene rings is 2. The van der Waals surface area contributed by atoms with Crippen LogP contribution in [0.15, 0.2) is 54.6 Å². The highest BCUT2D eigenvalue weighted by Gasteiger charge is 2.31. The molecule has 0 aliphatic carbocycles. The first-order valence-electron chi connectivity index (χ1n) is 9.95. The lowest BCUT2D eigenvalue weighted by Crippen LogP contribution is -2.44. The second kappa shape index (κ2) is 12.6. The van der Waals surface area contributed by atoms with Crippen LogP contribution in [0, 0.1) is 0 Å². The van der Waals surface area contributed by atoms with Crippen molar-refractivity contribution in [2.45, 2.75) is 24.8 Å². The molecule has 8 nitrogen and oxygen atoms in total. The maximum atomic E-state index is 12.5. The first-order valence-corrected chi connectivity index (χ1v) is 11.0. The van der Waals surface area contributed by atoms with Crippen molar-refractivity contribution >= 4 is 29.8 Å². The molecular formula is C23H27NO7S. The summed E-state index contributed by atoms with van der Waals surface area (Å²) in [6, 6.07) is 14.8. The van der Waals surface area contributed by atoms with Crippen LogP contribution in [-0.4, -0.2) is 60.6 Å². The Hall–Kier alpha value is -3.20. The van der Waals surface area contributed by atoms with Gasteiger partial charge in [0.2, 0.25) is 0 Å². The Balaban J connectivity index is 2.07. The molecule has 1 amide bonds. The number of carbonyl (C=O) groups is 3. The average Bonchev–Trinajstić information content (AvgIpc) is 2.80. The van der Waals surface area contributed by atoms with E-state index in [9.17, 15) is 19.5 Å². The van der Waals surface area contributed by atoms with Crippen LogP contribution >= 0.6 is 11.8 Å². The Morgan fingerprint density at radius 1 is 1.03 bits per heavy atom. The molecule has 0 fully saturated rings. The van der Waals surface area contributed by atoms with Crippen molar-refractivity contribution in [2.24, 2.45) is 0 Å². The number of carbonyl (C=O) groups excluding carboxylic acids is 2. The van der Waals surface area contributed by atoms with Crippen LogP contribution in [-0.2, 0) is 25.7 Å². The number of ether oxygens (including phenoxy) is 3. The number of thioether (sulfide) groups is 1. The molecule has 2 atom stereocenters. The van der Waals surface area contributed by atoms with Crippen molar-refractivity contribution in [1.29, 1.82) is 0 Å². The van der Waals surface area contributed by atoms with Crippen molar-refractivity contribution in [1.82, 2.24) is 4.90 Å². The monoisotopic (exact) mass is 461 g/mol. The highest BCUT2D eigenvalue weighted by molar-refractivity contribution is 8.00. The van der Waals surface area contributed by atoms with Crippen LogP contribution in [0.25, 0.3) is 0 Å². The molecule has 9 heteroatoms. The fraction of sp³-hybridized carbons (Fsp3) is 0.348. The van der Waals surface area contributed by atoms with E-state index in [1.54, 1.807) is 43.3 Å². The fourth-order valence-electron chi connectivity index (χ4n) is 2.78. The van der Waals surface area contributed by atoms with Gasteiger partial charge in [-0.25, -0.2) is 9.59 Å². The normalized spacial score (nSPS) is 12.3. The second-order valence-corrected chi connectivity index (χ2v) is 7.88. The summed E-state index contributed by atoms with van der Waals surface area (Å²) in [5, 5.41) is 8.92. The van der Waals surface area contributed by atoms with Crippen LogP contribution in [0.1, 0.15) is 23.3 Å². The molecule has 2 aromatic rings. The summed E-state index contributed by atoms with van der Waals surface area (Å²) in [5.41, 5.74) is 1.44. The van der Waals surface area contributed by atoms with E-state index in [2.05, 4.69) is 0 Å². The quantitative estimate of drug-likeness (QED) is 0.505. The van der Waals surface area contributed by atoms with E-state index < -0.39 is 29.3 Å². The molecule has 0 radical (unpaired) electrons. The predicted octanol–water partition coefficient (Wildman–Crippen LogP) is 3.75. The molecule has 0 aliphatic heterocycles. The largest absolute Gasteiger partial charge is 0.497 e. The van der Waals surface area contributed by atoms with Gasteiger partial charge >= 0.3 is 18.0 Å². The van der Waals surface area contributed by atoms with E-state index in [-0.39, 0.29) is 19.0 Å². The van der Waals surface area contributed by atoms with Crippen LogP contribution in [0.3, 0.4) is 0 Å². The Morgan fingerprint density at radius 3 is 2.25 bits per heavy atom. The minimum Gasteiger partial charge on any atom is -0.497 e. The summed E-state index contributed by atoms with van der Waals surface area (Å²) >= 11 is 1.09. The van der Waals surface area contributed by atoms with Gasteiger partial charge in [-0.2, -0.15) is 0 Å². The van der Waals surface area contributed by atoms with Gasteiger partial charge in [0, 0.05) is 12.8 Å². The van der Waals surface area contributed by atoms with E-state index in [1.165, 1.54) is 14.2 Å². The summed E-state index contributed by atoms with van der Waals surface area (Å²) in [6.45, 7) is 1.92. The van der Waals surface area contributed by atoms with Crippen molar-refractivity contribution in [3.63, 3.8) is 0 Å². The summed E-state index contributed by atoms with van der Waals surface area (Å²) in [5.74, 6) is -1.09. The number of carboxylic acid groups (broad SMARTS) is 1. The van der Waals surface area contributed by atoms with Crippen molar-refractivity contribution in [3.05, 3.63) is 65.7 Å². The minimum atomic E-state index is -1.20. The second-order valence-electron chi connectivity index (χ2n) is 6.74. The molecule has 0 aromatic heterocycles. The number of carboxylic acids is 1. The molecule has 0 spiro atoms. The third kappa shape index (κ3) is 7.19. The zero-order chi connectivity index (χ0) is 23.5. The number of aliphatic carboxylic acids is 1. The van der Waals surface area contributed by atoms with Gasteiger partial charge in [0.25, 0.3) is 0 Å². The van der Waals surface area contributed by atoms with Gasteiger partial charge in [-0.3, -0.25) is 9.69 Å². The lowest BCUT2D eigenvalue weighted by molar-refractivity contribution is -0.143. The van der Waals surface area contributed by atoms with Crippen LogP contribution in [0.2, 0.25) is 0 Å². The number of nitrogens with zero attached hydrogens (tertiary/aromatic N) is 1. The van der Waals surface area contributed by atoms with E-state index >= 15 is 0 Å². The van der Waals surface area contributed by atoms with Gasteiger partial charge in [-0.1, -0.05) is 42.5 Å². The van der Waals surface area contributed by atoms with E-state index in [1.807, 2.05) is 18.2 Å². The summed E-state index contributed by atoms with van der Waals surface area (Å²) < 4.78 is 15.5. The molecule has 0 saturated carbocycles. The Labute approximate surface area is 191 Å². The SMILES string of the molecule is CCOC(=O)C(SCC(C(=O)O)N(C)C(=O)OCc1ccccc1)c1ccc(OC)cc1. The lowest BCUT2D eigenvalue weighted by Gasteiger charge is -2.25. The van der Waals surface area contributed by atoms with Gasteiger partial charge in [0.1, 0.15) is 23.6 Å². The molecule has 2 rings (SSSR count). The molecule has 172 valence electrons. The maximum Gasteiger partial charge on any atom is 0.410 e. The molecule has 0 heterocycles. The molecule has 32 heavy (non-hydrogen) atoms. The zero-order valence-corrected chi connectivity index (χ0v) is 19.0. The summed E-state index contributed by atoms with van der Waals surface area (Å²) in [4.78, 5) is 37.8. The highest BCUT2D eigenvalue weighted by atomic mass is 32.2. The zero-order valence-electron chi connectivity index (χ0n) is 18.2. The maximum absolute atomic E-state index is 12.5. The molecule has 2 unspecified atom stereocenters. The number of rotatable bonds is 11. The van der Waals surface area contributed by atoms with E-state index in [0.717, 1.165) is 22.2 Å². The van der Waals surface area contributed by atoms with Gasteiger partial charge < -0.3 is 19.3 Å². The Kier molecular flexibility index (Phi) is 9.87. The molecule has 0 aliphatic rings. The number of amides is 1. The van der Waals surface area contributed by atoms with Crippen LogP contribution < -0.4 is 4.74 Å². The molecule has 1 N–H and O–H groups in total. The van der Waals surface area contributed by atoms with Crippen molar-refractivity contribution < 1.29 is 33.7 Å². The first kappa shape index (κ1) is 25.1. The van der Waals surface area contributed by atoms with Crippen LogP contribution in [0.5, 0.6) is 5.75 Å². The predicted molar refractivity (Wildman–Crippen MR) is 121 cm³/mol. The fourth-order valence-corrected chi connectivity index (χ4v) is 4.08. The smallest absolute Gasteiger partial charge is 0.410 e. The Morgan fingerprint density at radius 2 is 1.69 bits per heavy atom. The summed E-state index contributed by atoms with van der Waals surface area (Å²) in [6.07, 6.45) is -0.765. The highest BCUT2D eigenvalue weighted by Crippen LogP contribution is 2.32. The number of hydrogen-bond acceptors (Lipinski definition) is 7. The van der Waals surface area contributed by atoms with Crippen LogP contribution in [0.4, 0.5) is 4.79 Å². The Bertz CT molecular complexity index is 889. The first-order chi connectivity index (χ1) is 15.4. The van der Waals surface area contributed by atoms with E-state index in [0.29, 0.717) is 11.3 Å². The number of esters is 1. The summed E-state index contributed by atoms with van der Waals surface area (Å²) in [7, 11) is 2.90. The molecule has 0 saturated heterocycles. The molecular weight excluding hydrogens is 434 g/mol. The van der Waals surface area contributed by atoms with Gasteiger partial charge in [0.15, 0.2) is 0 Å². The number of hydrogen-bond donors (Lipinski definition) is 1. The van der Waals surface area contributed by atoms with E-state index in [4.69, 9.17) is 14.2 Å². The topological polar surface area (TPSA) is 102 Å². The minimum absolute atomic E-state index is 0.0286. The van der Waals surface area contributed by atoms with Gasteiger partial charge in [-0.15, -0.1) is 11.8 Å². The number of methoxy groups -OCH3 is 1. The molecule has 2 aromatic carbocycles. The van der Waals surface area contributed by atoms with Crippen molar-refractivity contribution in [3.8, 4) is 5.75 Å². The third-order valence-electron chi connectivity index (χ3n) is 4.59.